The summed E-state index contributed by atoms with van der Waals surface area (Å²) >= 11 is 0. The first-order valence-corrected chi connectivity index (χ1v) is 10.1. The molecular weight excluding hydrogens is 436 g/mol. The molecule has 0 amide bonds. The van der Waals surface area contributed by atoms with Gasteiger partial charge < -0.3 is 19.5 Å². The van der Waals surface area contributed by atoms with Gasteiger partial charge in [-0.25, -0.2) is 23.5 Å². The molecule has 0 bridgehead atoms. The van der Waals surface area contributed by atoms with Crippen LogP contribution in [0.25, 0.3) is 0 Å². The summed E-state index contributed by atoms with van der Waals surface area (Å²) < 4.78 is 45.6. The molecule has 3 aromatic rings. The number of carbonyl (C=O) groups is 1. The molecule has 2 aromatic heterocycles. The Hall–Kier alpha value is -3.76. The van der Waals surface area contributed by atoms with Crippen LogP contribution < -0.4 is 14.8 Å². The minimum absolute atomic E-state index is 0.0602. The maximum absolute atomic E-state index is 14.4. The number of ether oxygens (including phenoxy) is 3. The highest BCUT2D eigenvalue weighted by Gasteiger charge is 2.32. The second-order valence-electron chi connectivity index (χ2n) is 7.61. The highest BCUT2D eigenvalue weighted by Crippen LogP contribution is 2.27. The zero-order valence-electron chi connectivity index (χ0n) is 19.0. The summed E-state index contributed by atoms with van der Waals surface area (Å²) in [7, 11) is 1.31. The smallest absolute Gasteiger partial charge is 0.333 e. The van der Waals surface area contributed by atoms with Crippen molar-refractivity contribution < 1.29 is 27.8 Å². The topological polar surface area (TPSA) is 100 Å². The van der Waals surface area contributed by atoms with E-state index in [1.165, 1.54) is 43.4 Å². The first-order chi connectivity index (χ1) is 15.7. The van der Waals surface area contributed by atoms with Gasteiger partial charge in [0.15, 0.2) is 22.9 Å². The Morgan fingerprint density at radius 3 is 2.52 bits per heavy atom. The van der Waals surface area contributed by atoms with E-state index in [0.717, 1.165) is 0 Å². The molecular formula is C22H25F2N5O4. The van der Waals surface area contributed by atoms with E-state index in [4.69, 9.17) is 14.2 Å². The molecule has 1 aromatic carbocycles. The van der Waals surface area contributed by atoms with Crippen LogP contribution in [-0.2, 0) is 21.7 Å². The van der Waals surface area contributed by atoms with Crippen LogP contribution in [0, 0.1) is 18.6 Å². The molecule has 0 saturated carbocycles. The van der Waals surface area contributed by atoms with Crippen molar-refractivity contribution in [2.45, 2.75) is 39.8 Å². The Morgan fingerprint density at radius 1 is 1.18 bits per heavy atom. The van der Waals surface area contributed by atoms with Gasteiger partial charge in [-0.05, 0) is 39.3 Å². The number of aryl methyl sites for hydroxylation is 1. The van der Waals surface area contributed by atoms with Crippen molar-refractivity contribution in [3.63, 3.8) is 0 Å². The maximum Gasteiger partial charge on any atom is 0.333 e. The maximum atomic E-state index is 14.4. The minimum atomic E-state index is -0.989. The molecule has 0 fully saturated rings. The van der Waals surface area contributed by atoms with E-state index < -0.39 is 23.1 Å². The Balaban J connectivity index is 1.66. The van der Waals surface area contributed by atoms with Crippen LogP contribution in [0.2, 0.25) is 0 Å². The Bertz CT molecular complexity index is 1130. The number of nitrogens with one attached hydrogen (secondary N) is 1. The molecule has 0 aliphatic heterocycles. The normalized spacial score (nSPS) is 11.2. The number of aromatic nitrogens is 4. The summed E-state index contributed by atoms with van der Waals surface area (Å²) in [6.07, 6.45) is 5.88. The largest absolute Gasteiger partial charge is 0.494 e. The molecule has 1 N–H and O–H groups in total. The second-order valence-corrected chi connectivity index (χ2v) is 7.61. The predicted octanol–water partition coefficient (Wildman–Crippen LogP) is 3.89. The molecule has 0 saturated heterocycles. The Kier molecular flexibility index (Phi) is 7.10. The SMILES string of the molecule is CCOC(=O)C(C)(C)n1cc(Nc2ncc(OCc3c(F)c(C)cc(OC)c3F)cn2)cn1. The molecule has 0 aliphatic carbocycles. The van der Waals surface area contributed by atoms with Gasteiger partial charge in [0.05, 0.1) is 43.6 Å². The highest BCUT2D eigenvalue weighted by molar-refractivity contribution is 5.77. The zero-order valence-corrected chi connectivity index (χ0v) is 19.0. The van der Waals surface area contributed by atoms with Crippen molar-refractivity contribution in [1.82, 2.24) is 19.7 Å². The van der Waals surface area contributed by atoms with E-state index in [0.29, 0.717) is 5.69 Å². The summed E-state index contributed by atoms with van der Waals surface area (Å²) in [6, 6.07) is 1.29. The number of esters is 1. The molecule has 0 aliphatic rings. The van der Waals surface area contributed by atoms with Crippen molar-refractivity contribution in [1.29, 1.82) is 0 Å². The molecule has 0 spiro atoms. The summed E-state index contributed by atoms with van der Waals surface area (Å²) in [5, 5.41) is 7.16. The lowest BCUT2D eigenvalue weighted by Crippen LogP contribution is -2.37. The van der Waals surface area contributed by atoms with Crippen molar-refractivity contribution in [2.75, 3.05) is 19.0 Å². The number of anilines is 2. The highest BCUT2D eigenvalue weighted by atomic mass is 19.1. The number of methoxy groups -OCH3 is 1. The number of rotatable bonds is 9. The van der Waals surface area contributed by atoms with Crippen molar-refractivity contribution in [2.24, 2.45) is 0 Å². The van der Waals surface area contributed by atoms with E-state index in [2.05, 4.69) is 20.4 Å². The van der Waals surface area contributed by atoms with Crippen LogP contribution in [0.15, 0.2) is 30.9 Å². The third-order valence-corrected chi connectivity index (χ3v) is 4.86. The summed E-state index contributed by atoms with van der Waals surface area (Å²) in [6.45, 7) is 6.55. The van der Waals surface area contributed by atoms with Crippen LogP contribution in [0.3, 0.4) is 0 Å². The quantitative estimate of drug-likeness (QED) is 0.479. The third kappa shape index (κ3) is 5.18. The standard InChI is InChI=1S/C22H25F2N5O4/c1-6-32-20(30)22(3,4)29-11-14(8-27-29)28-21-25-9-15(10-26-21)33-12-16-18(23)13(2)7-17(31-5)19(16)24/h7-11H,6,12H2,1-5H3,(H,25,26,28). The number of benzene rings is 1. The van der Waals surface area contributed by atoms with Crippen LogP contribution in [0.1, 0.15) is 31.9 Å². The van der Waals surface area contributed by atoms with E-state index in [9.17, 15) is 13.6 Å². The first kappa shape index (κ1) is 23.9. The fourth-order valence-corrected chi connectivity index (χ4v) is 2.92. The van der Waals surface area contributed by atoms with Gasteiger partial charge in [0.1, 0.15) is 12.4 Å². The van der Waals surface area contributed by atoms with Gasteiger partial charge in [0, 0.05) is 6.20 Å². The molecule has 9 nitrogen and oxygen atoms in total. The van der Waals surface area contributed by atoms with Gasteiger partial charge in [0.2, 0.25) is 5.95 Å². The molecule has 0 unspecified atom stereocenters. The molecule has 0 radical (unpaired) electrons. The average molecular weight is 461 g/mol. The number of halogens is 2. The molecule has 11 heteroatoms. The minimum Gasteiger partial charge on any atom is -0.494 e. The summed E-state index contributed by atoms with van der Waals surface area (Å²) in [5.41, 5.74) is -0.436. The number of carbonyl (C=O) groups excluding carboxylic acids is 1. The molecule has 176 valence electrons. The number of hydrogen-bond donors (Lipinski definition) is 1. The van der Waals surface area contributed by atoms with Gasteiger partial charge in [-0.15, -0.1) is 0 Å². The Morgan fingerprint density at radius 2 is 1.88 bits per heavy atom. The van der Waals surface area contributed by atoms with E-state index in [-0.39, 0.29) is 41.8 Å². The predicted molar refractivity (Wildman–Crippen MR) is 115 cm³/mol. The average Bonchev–Trinajstić information content (AvgIpc) is 3.27. The van der Waals surface area contributed by atoms with Crippen molar-refractivity contribution in [3.8, 4) is 11.5 Å². The van der Waals surface area contributed by atoms with E-state index in [1.54, 1.807) is 27.0 Å². The fraction of sp³-hybridized carbons (Fsp3) is 0.364. The molecule has 33 heavy (non-hydrogen) atoms. The van der Waals surface area contributed by atoms with Crippen LogP contribution in [-0.4, -0.2) is 39.4 Å². The summed E-state index contributed by atoms with van der Waals surface area (Å²) in [5.74, 6) is -1.52. The van der Waals surface area contributed by atoms with Gasteiger partial charge in [-0.3, -0.25) is 4.68 Å². The van der Waals surface area contributed by atoms with Gasteiger partial charge in [-0.2, -0.15) is 5.10 Å². The Labute approximate surface area is 189 Å². The van der Waals surface area contributed by atoms with Crippen molar-refractivity contribution >= 4 is 17.6 Å². The fourth-order valence-electron chi connectivity index (χ4n) is 2.92. The van der Waals surface area contributed by atoms with Crippen molar-refractivity contribution in [3.05, 3.63) is 53.6 Å². The van der Waals surface area contributed by atoms with Gasteiger partial charge >= 0.3 is 5.97 Å². The molecule has 0 atom stereocenters. The monoisotopic (exact) mass is 461 g/mol. The number of nitrogens with zero attached hydrogens (tertiary/aromatic N) is 4. The second kappa shape index (κ2) is 9.80. The van der Waals surface area contributed by atoms with E-state index >= 15 is 0 Å². The number of hydrogen-bond acceptors (Lipinski definition) is 8. The van der Waals surface area contributed by atoms with Crippen LogP contribution in [0.4, 0.5) is 20.4 Å². The van der Waals surface area contributed by atoms with Gasteiger partial charge in [0.25, 0.3) is 0 Å². The van der Waals surface area contributed by atoms with E-state index in [1.807, 2.05) is 0 Å². The lowest BCUT2D eigenvalue weighted by atomic mass is 10.1. The molecule has 3 rings (SSSR count). The third-order valence-electron chi connectivity index (χ3n) is 4.86. The summed E-state index contributed by atoms with van der Waals surface area (Å²) in [4.78, 5) is 20.4. The lowest BCUT2D eigenvalue weighted by molar-refractivity contribution is -0.152. The lowest BCUT2D eigenvalue weighted by Gasteiger charge is -2.22. The molecule has 2 heterocycles. The van der Waals surface area contributed by atoms with Crippen LogP contribution in [0.5, 0.6) is 11.5 Å². The van der Waals surface area contributed by atoms with Crippen LogP contribution >= 0.6 is 0 Å². The first-order valence-electron chi connectivity index (χ1n) is 10.1. The zero-order chi connectivity index (χ0) is 24.2. The van der Waals surface area contributed by atoms with Gasteiger partial charge in [-0.1, -0.05) is 0 Å².